The SMILES string of the molecule is CN(C)C(=O)[C@H]1CC[C@H](NC(=O)C(=O)Nc2ccc(Cl)cn2)CC1. The third-order valence-corrected chi connectivity index (χ3v) is 4.25. The van der Waals surface area contributed by atoms with Crippen LogP contribution in [0.3, 0.4) is 0 Å². The first kappa shape index (κ1) is 18.2. The van der Waals surface area contributed by atoms with Crippen molar-refractivity contribution in [1.29, 1.82) is 0 Å². The molecule has 0 aliphatic heterocycles. The molecule has 1 heterocycles. The van der Waals surface area contributed by atoms with Gasteiger partial charge in [0.05, 0.1) is 5.02 Å². The van der Waals surface area contributed by atoms with Gasteiger partial charge >= 0.3 is 11.8 Å². The van der Waals surface area contributed by atoms with E-state index in [0.29, 0.717) is 30.7 Å². The first-order valence-corrected chi connectivity index (χ1v) is 8.19. The molecule has 1 aliphatic rings. The topological polar surface area (TPSA) is 91.4 Å². The summed E-state index contributed by atoms with van der Waals surface area (Å²) < 4.78 is 0. The molecule has 0 saturated heterocycles. The molecule has 1 aromatic heterocycles. The maximum absolute atomic E-state index is 12.0. The van der Waals surface area contributed by atoms with Crippen LogP contribution in [0.25, 0.3) is 0 Å². The molecule has 8 heteroatoms. The zero-order chi connectivity index (χ0) is 17.7. The highest BCUT2D eigenvalue weighted by Gasteiger charge is 2.29. The lowest BCUT2D eigenvalue weighted by atomic mass is 9.85. The lowest BCUT2D eigenvalue weighted by molar-refractivity contribution is -0.137. The summed E-state index contributed by atoms with van der Waals surface area (Å²) >= 11 is 5.71. The van der Waals surface area contributed by atoms with Crippen molar-refractivity contribution in [3.8, 4) is 0 Å². The Morgan fingerprint density at radius 3 is 2.33 bits per heavy atom. The molecule has 0 spiro atoms. The van der Waals surface area contributed by atoms with Crippen LogP contribution in [0.5, 0.6) is 0 Å². The minimum absolute atomic E-state index is 0.000228. The van der Waals surface area contributed by atoms with Crippen LogP contribution in [0.4, 0.5) is 5.82 Å². The molecule has 2 rings (SSSR count). The summed E-state index contributed by atoms with van der Waals surface area (Å²) in [5.74, 6) is -1.09. The van der Waals surface area contributed by atoms with Crippen molar-refractivity contribution >= 4 is 35.1 Å². The number of hydrogen-bond acceptors (Lipinski definition) is 4. The molecule has 2 N–H and O–H groups in total. The lowest BCUT2D eigenvalue weighted by Crippen LogP contribution is -2.44. The van der Waals surface area contributed by atoms with Crippen LogP contribution >= 0.6 is 11.6 Å². The van der Waals surface area contributed by atoms with Crippen molar-refractivity contribution in [2.45, 2.75) is 31.7 Å². The van der Waals surface area contributed by atoms with Crippen molar-refractivity contribution in [3.05, 3.63) is 23.4 Å². The Kier molecular flexibility index (Phi) is 6.14. The first-order chi connectivity index (χ1) is 11.4. The normalized spacial score (nSPS) is 20.1. The maximum atomic E-state index is 12.0. The number of nitrogens with zero attached hydrogens (tertiary/aromatic N) is 2. The molecule has 1 saturated carbocycles. The molecule has 0 unspecified atom stereocenters. The summed E-state index contributed by atoms with van der Waals surface area (Å²) in [5, 5.41) is 5.57. The van der Waals surface area contributed by atoms with Crippen LogP contribution in [0.1, 0.15) is 25.7 Å². The smallest absolute Gasteiger partial charge is 0.314 e. The average molecular weight is 353 g/mol. The van der Waals surface area contributed by atoms with Crippen LogP contribution in [-0.2, 0) is 14.4 Å². The number of hydrogen-bond donors (Lipinski definition) is 2. The van der Waals surface area contributed by atoms with Crippen LogP contribution in [0.2, 0.25) is 5.02 Å². The number of halogens is 1. The standard InChI is InChI=1S/C16H21ClN4O3/c1-21(2)16(24)10-3-6-12(7-4-10)19-14(22)15(23)20-13-8-5-11(17)9-18-13/h5,8-10,12H,3-4,6-7H2,1-2H3,(H,19,22)(H,18,20,23)/t10-,12-. The number of carbonyl (C=O) groups excluding carboxylic acids is 3. The van der Waals surface area contributed by atoms with Crippen molar-refractivity contribution in [1.82, 2.24) is 15.2 Å². The summed E-state index contributed by atoms with van der Waals surface area (Å²) in [5.41, 5.74) is 0. The van der Waals surface area contributed by atoms with Crippen molar-refractivity contribution in [2.24, 2.45) is 5.92 Å². The molecule has 0 radical (unpaired) electrons. The predicted molar refractivity (Wildman–Crippen MR) is 90.5 cm³/mol. The minimum atomic E-state index is -0.767. The number of pyridine rings is 1. The van der Waals surface area contributed by atoms with Gasteiger partial charge < -0.3 is 15.5 Å². The summed E-state index contributed by atoms with van der Waals surface area (Å²) in [6.45, 7) is 0. The fraction of sp³-hybridized carbons (Fsp3) is 0.500. The monoisotopic (exact) mass is 352 g/mol. The second-order valence-electron chi connectivity index (χ2n) is 6.07. The lowest BCUT2D eigenvalue weighted by Gasteiger charge is -2.29. The molecule has 24 heavy (non-hydrogen) atoms. The predicted octanol–water partition coefficient (Wildman–Crippen LogP) is 1.44. The van der Waals surface area contributed by atoms with E-state index in [9.17, 15) is 14.4 Å². The third-order valence-electron chi connectivity index (χ3n) is 4.03. The van der Waals surface area contributed by atoms with Gasteiger partial charge in [0.25, 0.3) is 0 Å². The zero-order valence-corrected chi connectivity index (χ0v) is 14.5. The highest BCUT2D eigenvalue weighted by Crippen LogP contribution is 2.25. The molecule has 3 amide bonds. The van der Waals surface area contributed by atoms with E-state index in [2.05, 4.69) is 15.6 Å². The van der Waals surface area contributed by atoms with E-state index in [4.69, 9.17) is 11.6 Å². The van der Waals surface area contributed by atoms with Gasteiger partial charge in [-0.3, -0.25) is 14.4 Å². The Labute approximate surface area is 145 Å². The van der Waals surface area contributed by atoms with Gasteiger partial charge in [0.15, 0.2) is 0 Å². The Morgan fingerprint density at radius 2 is 1.79 bits per heavy atom. The fourth-order valence-electron chi connectivity index (χ4n) is 2.72. The molecular weight excluding hydrogens is 332 g/mol. The van der Waals surface area contributed by atoms with E-state index in [1.807, 2.05) is 0 Å². The number of rotatable bonds is 3. The third kappa shape index (κ3) is 4.92. The van der Waals surface area contributed by atoms with E-state index in [1.54, 1.807) is 25.1 Å². The highest BCUT2D eigenvalue weighted by atomic mass is 35.5. The summed E-state index contributed by atoms with van der Waals surface area (Å²) in [6.07, 6.45) is 4.17. The molecule has 1 aromatic rings. The molecule has 1 aliphatic carbocycles. The number of amides is 3. The molecule has 7 nitrogen and oxygen atoms in total. The number of carbonyl (C=O) groups is 3. The second kappa shape index (κ2) is 8.10. The Bertz CT molecular complexity index is 610. The van der Waals surface area contributed by atoms with Crippen LogP contribution < -0.4 is 10.6 Å². The number of nitrogens with one attached hydrogen (secondary N) is 2. The molecule has 1 fully saturated rings. The maximum Gasteiger partial charge on any atom is 0.314 e. The summed E-state index contributed by atoms with van der Waals surface area (Å²) in [6, 6.07) is 3.00. The van der Waals surface area contributed by atoms with Crippen molar-refractivity contribution in [2.75, 3.05) is 19.4 Å². The van der Waals surface area contributed by atoms with Crippen LogP contribution in [0, 0.1) is 5.92 Å². The van der Waals surface area contributed by atoms with Gasteiger partial charge in [-0.2, -0.15) is 0 Å². The van der Waals surface area contributed by atoms with Crippen LogP contribution in [-0.4, -0.2) is 47.7 Å². The molecule has 0 atom stereocenters. The van der Waals surface area contributed by atoms with Crippen molar-refractivity contribution < 1.29 is 14.4 Å². The van der Waals surface area contributed by atoms with Gasteiger partial charge in [-0.05, 0) is 37.8 Å². The second-order valence-corrected chi connectivity index (χ2v) is 6.51. The first-order valence-electron chi connectivity index (χ1n) is 7.81. The minimum Gasteiger partial charge on any atom is -0.349 e. The molecule has 130 valence electrons. The molecule has 0 bridgehead atoms. The highest BCUT2D eigenvalue weighted by molar-refractivity contribution is 6.39. The average Bonchev–Trinajstić information content (AvgIpc) is 2.56. The molecular formula is C16H21ClN4O3. The van der Waals surface area contributed by atoms with E-state index in [-0.39, 0.29) is 23.7 Å². The Balaban J connectivity index is 1.79. The van der Waals surface area contributed by atoms with E-state index < -0.39 is 11.8 Å². The summed E-state index contributed by atoms with van der Waals surface area (Å²) in [7, 11) is 3.48. The fourth-order valence-corrected chi connectivity index (χ4v) is 2.84. The largest absolute Gasteiger partial charge is 0.349 e. The van der Waals surface area contributed by atoms with Gasteiger partial charge in [-0.25, -0.2) is 4.98 Å². The van der Waals surface area contributed by atoms with Gasteiger partial charge in [0.2, 0.25) is 5.91 Å². The Hall–Kier alpha value is -2.15. The number of anilines is 1. The van der Waals surface area contributed by atoms with Gasteiger partial charge in [-0.15, -0.1) is 0 Å². The van der Waals surface area contributed by atoms with Gasteiger partial charge in [0, 0.05) is 32.3 Å². The van der Waals surface area contributed by atoms with Gasteiger partial charge in [0.1, 0.15) is 5.82 Å². The van der Waals surface area contributed by atoms with E-state index in [0.717, 1.165) is 0 Å². The quantitative estimate of drug-likeness (QED) is 0.805. The van der Waals surface area contributed by atoms with Crippen molar-refractivity contribution in [3.63, 3.8) is 0 Å². The Morgan fingerprint density at radius 1 is 1.12 bits per heavy atom. The zero-order valence-electron chi connectivity index (χ0n) is 13.7. The van der Waals surface area contributed by atoms with Crippen LogP contribution in [0.15, 0.2) is 18.3 Å². The molecule has 0 aromatic carbocycles. The number of aromatic nitrogens is 1. The van der Waals surface area contributed by atoms with E-state index >= 15 is 0 Å². The van der Waals surface area contributed by atoms with E-state index in [1.165, 1.54) is 12.3 Å². The summed E-state index contributed by atoms with van der Waals surface area (Å²) in [4.78, 5) is 41.3. The van der Waals surface area contributed by atoms with Gasteiger partial charge in [-0.1, -0.05) is 11.6 Å².